The maximum Gasteiger partial charge on any atom is 0.137 e. The summed E-state index contributed by atoms with van der Waals surface area (Å²) < 4.78 is 10.8. The Bertz CT molecular complexity index is 300. The predicted octanol–water partition coefficient (Wildman–Crippen LogP) is 2.45. The molecule has 0 heterocycles. The topological polar surface area (TPSA) is 30.5 Å². The Kier molecular flexibility index (Phi) is 4.03. The van der Waals surface area contributed by atoms with Crippen molar-refractivity contribution in [3.05, 3.63) is 23.6 Å². The normalized spacial score (nSPS) is 25.9. The minimum absolute atomic E-state index is 0.0246. The van der Waals surface area contributed by atoms with Gasteiger partial charge in [-0.2, -0.15) is 0 Å². The zero-order valence-corrected chi connectivity index (χ0v) is 11.1. The Morgan fingerprint density at radius 2 is 1.88 bits per heavy atom. The Labute approximate surface area is 98.5 Å². The van der Waals surface area contributed by atoms with Gasteiger partial charge in [-0.05, 0) is 26.8 Å². The summed E-state index contributed by atoms with van der Waals surface area (Å²) in [7, 11) is 3.43. The van der Waals surface area contributed by atoms with E-state index >= 15 is 0 Å². The molecule has 0 saturated carbocycles. The predicted molar refractivity (Wildman–Crippen MR) is 66.0 cm³/mol. The molecule has 92 valence electrons. The third kappa shape index (κ3) is 3.01. The molecule has 3 nitrogen and oxygen atoms in total. The summed E-state index contributed by atoms with van der Waals surface area (Å²) in [5.41, 5.74) is 1.14. The highest BCUT2D eigenvalue weighted by Gasteiger charge is 2.27. The lowest BCUT2D eigenvalue weighted by Crippen LogP contribution is -2.41. The fraction of sp³-hybridized carbons (Fsp3) is 0.692. The Hall–Kier alpha value is -0.960. The molecule has 3 heteroatoms. The number of allylic oxidation sites excluding steroid dienone is 1. The van der Waals surface area contributed by atoms with Gasteiger partial charge in [-0.1, -0.05) is 13.0 Å². The van der Waals surface area contributed by atoms with Crippen LogP contribution in [0.15, 0.2) is 23.6 Å². The van der Waals surface area contributed by atoms with Crippen LogP contribution >= 0.6 is 0 Å². The maximum absolute atomic E-state index is 5.42. The average Bonchev–Trinajstić information content (AvgIpc) is 2.19. The van der Waals surface area contributed by atoms with E-state index in [9.17, 15) is 0 Å². The van der Waals surface area contributed by atoms with Crippen molar-refractivity contribution in [3.8, 4) is 0 Å². The molecule has 0 saturated heterocycles. The lowest BCUT2D eigenvalue weighted by molar-refractivity contribution is 0.0983. The van der Waals surface area contributed by atoms with Gasteiger partial charge in [0.15, 0.2) is 0 Å². The lowest BCUT2D eigenvalue weighted by atomic mass is 9.92. The van der Waals surface area contributed by atoms with Gasteiger partial charge in [-0.25, -0.2) is 0 Å². The largest absolute Gasteiger partial charge is 0.495 e. The summed E-state index contributed by atoms with van der Waals surface area (Å²) in [5.74, 6) is 1.18. The van der Waals surface area contributed by atoms with Crippen LogP contribution in [0.5, 0.6) is 0 Å². The molecule has 2 atom stereocenters. The van der Waals surface area contributed by atoms with Crippen molar-refractivity contribution in [3.63, 3.8) is 0 Å². The fourth-order valence-corrected chi connectivity index (χ4v) is 1.87. The van der Waals surface area contributed by atoms with Crippen molar-refractivity contribution in [2.24, 2.45) is 5.92 Å². The van der Waals surface area contributed by atoms with Crippen LogP contribution in [0.25, 0.3) is 0 Å². The van der Waals surface area contributed by atoms with Crippen molar-refractivity contribution in [2.45, 2.75) is 39.3 Å². The van der Waals surface area contributed by atoms with E-state index in [4.69, 9.17) is 9.47 Å². The van der Waals surface area contributed by atoms with E-state index in [1.165, 1.54) is 0 Å². The summed E-state index contributed by atoms with van der Waals surface area (Å²) in [6.07, 6.45) is 4.13. The quantitative estimate of drug-likeness (QED) is 0.800. The van der Waals surface area contributed by atoms with Gasteiger partial charge in [0.2, 0.25) is 0 Å². The minimum atomic E-state index is 0.0246. The standard InChI is InChI=1S/C13H23NO2/c1-9-10(15-5)7-8-11(16-6)12(9)14-13(2,3)4/h7-10,14H,1-6H3. The number of rotatable bonds is 3. The van der Waals surface area contributed by atoms with E-state index in [2.05, 4.69) is 33.0 Å². The number of ether oxygens (including phenoxy) is 2. The third-order valence-corrected chi connectivity index (χ3v) is 2.65. The zero-order valence-electron chi connectivity index (χ0n) is 11.1. The second-order valence-electron chi connectivity index (χ2n) is 5.21. The molecular formula is C13H23NO2. The van der Waals surface area contributed by atoms with Crippen molar-refractivity contribution < 1.29 is 9.47 Å². The summed E-state index contributed by atoms with van der Waals surface area (Å²) in [4.78, 5) is 0. The minimum Gasteiger partial charge on any atom is -0.495 e. The van der Waals surface area contributed by atoms with Crippen LogP contribution in [-0.2, 0) is 9.47 Å². The van der Waals surface area contributed by atoms with Gasteiger partial charge in [-0.3, -0.25) is 0 Å². The van der Waals surface area contributed by atoms with Gasteiger partial charge in [0.05, 0.1) is 18.9 Å². The highest BCUT2D eigenvalue weighted by Crippen LogP contribution is 2.27. The Balaban J connectivity index is 2.96. The van der Waals surface area contributed by atoms with Crippen LogP contribution in [0.2, 0.25) is 0 Å². The summed E-state index contributed by atoms with van der Waals surface area (Å²) in [5, 5.41) is 3.50. The van der Waals surface area contributed by atoms with E-state index in [1.54, 1.807) is 14.2 Å². The summed E-state index contributed by atoms with van der Waals surface area (Å²) >= 11 is 0. The first kappa shape index (κ1) is 13.1. The van der Waals surface area contributed by atoms with Crippen molar-refractivity contribution in [1.29, 1.82) is 0 Å². The second kappa shape index (κ2) is 4.91. The molecule has 1 rings (SSSR count). The highest BCUT2D eigenvalue weighted by molar-refractivity contribution is 5.29. The van der Waals surface area contributed by atoms with Gasteiger partial charge in [0.25, 0.3) is 0 Å². The molecule has 0 spiro atoms. The van der Waals surface area contributed by atoms with E-state index in [-0.39, 0.29) is 17.6 Å². The van der Waals surface area contributed by atoms with Gasteiger partial charge in [0.1, 0.15) is 5.76 Å². The molecule has 0 aliphatic heterocycles. The molecule has 0 radical (unpaired) electrons. The summed E-state index contributed by atoms with van der Waals surface area (Å²) in [6, 6.07) is 0. The molecule has 1 aliphatic carbocycles. The molecule has 0 amide bonds. The molecule has 0 aromatic heterocycles. The molecule has 1 aliphatic rings. The van der Waals surface area contributed by atoms with E-state index in [1.807, 2.05) is 12.2 Å². The van der Waals surface area contributed by atoms with Crippen LogP contribution in [0.1, 0.15) is 27.7 Å². The first-order valence-corrected chi connectivity index (χ1v) is 5.66. The van der Waals surface area contributed by atoms with E-state index in [0.29, 0.717) is 0 Å². The Morgan fingerprint density at radius 1 is 1.25 bits per heavy atom. The highest BCUT2D eigenvalue weighted by atomic mass is 16.5. The molecule has 0 aromatic rings. The fourth-order valence-electron chi connectivity index (χ4n) is 1.87. The van der Waals surface area contributed by atoms with Gasteiger partial charge in [0, 0.05) is 18.6 Å². The third-order valence-electron chi connectivity index (χ3n) is 2.65. The smallest absolute Gasteiger partial charge is 0.137 e. The van der Waals surface area contributed by atoms with Crippen LogP contribution in [0.3, 0.4) is 0 Å². The van der Waals surface area contributed by atoms with Crippen molar-refractivity contribution >= 4 is 0 Å². The SMILES string of the molecule is COC1=C(NC(C)(C)C)C(C)C(OC)C=C1. The van der Waals surface area contributed by atoms with Crippen LogP contribution in [0, 0.1) is 5.92 Å². The average molecular weight is 225 g/mol. The van der Waals surface area contributed by atoms with Crippen LogP contribution in [-0.4, -0.2) is 25.9 Å². The summed E-state index contributed by atoms with van der Waals surface area (Å²) in [6.45, 7) is 8.56. The number of hydrogen-bond acceptors (Lipinski definition) is 3. The molecule has 16 heavy (non-hydrogen) atoms. The molecule has 0 aromatic carbocycles. The number of hydrogen-bond donors (Lipinski definition) is 1. The van der Waals surface area contributed by atoms with Crippen molar-refractivity contribution in [2.75, 3.05) is 14.2 Å². The zero-order chi connectivity index (χ0) is 12.3. The van der Waals surface area contributed by atoms with E-state index in [0.717, 1.165) is 11.5 Å². The molecule has 1 N–H and O–H groups in total. The van der Waals surface area contributed by atoms with Gasteiger partial charge in [-0.15, -0.1) is 0 Å². The Morgan fingerprint density at radius 3 is 2.31 bits per heavy atom. The molecule has 0 bridgehead atoms. The van der Waals surface area contributed by atoms with E-state index < -0.39 is 0 Å². The molecule has 2 unspecified atom stereocenters. The maximum atomic E-state index is 5.42. The monoisotopic (exact) mass is 225 g/mol. The van der Waals surface area contributed by atoms with Gasteiger partial charge < -0.3 is 14.8 Å². The number of methoxy groups -OCH3 is 2. The van der Waals surface area contributed by atoms with Gasteiger partial charge >= 0.3 is 0 Å². The molecule has 0 fully saturated rings. The lowest BCUT2D eigenvalue weighted by Gasteiger charge is -2.33. The first-order valence-electron chi connectivity index (χ1n) is 5.66. The van der Waals surface area contributed by atoms with Crippen molar-refractivity contribution in [1.82, 2.24) is 5.32 Å². The number of nitrogens with one attached hydrogen (secondary N) is 1. The van der Waals surface area contributed by atoms with Crippen LogP contribution < -0.4 is 5.32 Å². The van der Waals surface area contributed by atoms with Crippen LogP contribution in [0.4, 0.5) is 0 Å². The second-order valence-corrected chi connectivity index (χ2v) is 5.21. The first-order chi connectivity index (χ1) is 7.39. The molecular weight excluding hydrogens is 202 g/mol.